The van der Waals surface area contributed by atoms with Gasteiger partial charge in [0.25, 0.3) is 0 Å². The Balaban J connectivity index is 2.33. The third-order valence-corrected chi connectivity index (χ3v) is 3.73. The highest BCUT2D eigenvalue weighted by Crippen LogP contribution is 2.14. The molecule has 0 aliphatic carbocycles. The quantitative estimate of drug-likeness (QED) is 0.691. The molecule has 1 aromatic rings. The number of rotatable bonds is 7. The molecular formula is C12H21BrN2. The molecule has 0 aliphatic rings. The predicted molar refractivity (Wildman–Crippen MR) is 68.5 cm³/mol. The van der Waals surface area contributed by atoms with E-state index in [9.17, 15) is 0 Å². The average molecular weight is 273 g/mol. The third-order valence-electron chi connectivity index (χ3n) is 2.63. The lowest BCUT2D eigenvalue weighted by atomic mass is 10.1. The number of nitrogens with zero attached hydrogens (tertiary/aromatic N) is 2. The molecule has 1 aromatic heterocycles. The molecule has 1 unspecified atom stereocenters. The van der Waals surface area contributed by atoms with E-state index < -0.39 is 0 Å². The molecule has 0 radical (unpaired) electrons. The molecule has 0 N–H and O–H groups in total. The number of aromatic nitrogens is 2. The SMILES string of the molecule is CCCn1ccnc1CCCC(Br)CC. The van der Waals surface area contributed by atoms with Crippen LogP contribution in [0.25, 0.3) is 0 Å². The van der Waals surface area contributed by atoms with Gasteiger partial charge in [-0.15, -0.1) is 0 Å². The molecule has 1 heterocycles. The molecule has 0 aromatic carbocycles. The van der Waals surface area contributed by atoms with Gasteiger partial charge in [-0.25, -0.2) is 4.98 Å². The topological polar surface area (TPSA) is 17.8 Å². The Morgan fingerprint density at radius 2 is 2.27 bits per heavy atom. The maximum atomic E-state index is 4.41. The van der Waals surface area contributed by atoms with Crippen LogP contribution in [0.4, 0.5) is 0 Å². The van der Waals surface area contributed by atoms with Crippen LogP contribution in [0.15, 0.2) is 12.4 Å². The summed E-state index contributed by atoms with van der Waals surface area (Å²) in [5, 5.41) is 0. The standard InChI is InChI=1S/C12H21BrN2/c1-3-9-15-10-8-14-12(15)7-5-6-11(13)4-2/h8,10-11H,3-7,9H2,1-2H3. The summed E-state index contributed by atoms with van der Waals surface area (Å²) in [6, 6.07) is 0. The van der Waals surface area contributed by atoms with Crippen molar-refractivity contribution in [3.05, 3.63) is 18.2 Å². The first-order valence-corrected chi connectivity index (χ1v) is 6.83. The highest BCUT2D eigenvalue weighted by Gasteiger charge is 2.04. The lowest BCUT2D eigenvalue weighted by Crippen LogP contribution is -2.04. The van der Waals surface area contributed by atoms with E-state index in [1.807, 2.05) is 6.20 Å². The molecule has 1 rings (SSSR count). The van der Waals surface area contributed by atoms with Crippen LogP contribution in [0.5, 0.6) is 0 Å². The van der Waals surface area contributed by atoms with E-state index in [1.54, 1.807) is 0 Å². The van der Waals surface area contributed by atoms with Crippen molar-refractivity contribution in [2.75, 3.05) is 0 Å². The minimum Gasteiger partial charge on any atom is -0.335 e. The van der Waals surface area contributed by atoms with Gasteiger partial charge < -0.3 is 4.57 Å². The lowest BCUT2D eigenvalue weighted by Gasteiger charge is -2.08. The largest absolute Gasteiger partial charge is 0.335 e. The highest BCUT2D eigenvalue weighted by molar-refractivity contribution is 9.09. The van der Waals surface area contributed by atoms with Crippen molar-refractivity contribution in [1.82, 2.24) is 9.55 Å². The third kappa shape index (κ3) is 4.37. The van der Waals surface area contributed by atoms with Crippen LogP contribution in [0, 0.1) is 0 Å². The summed E-state index contributed by atoms with van der Waals surface area (Å²) in [5.41, 5.74) is 0. The average Bonchev–Trinajstić information content (AvgIpc) is 2.66. The molecule has 0 saturated carbocycles. The van der Waals surface area contributed by atoms with Gasteiger partial charge in [0, 0.05) is 30.2 Å². The van der Waals surface area contributed by atoms with Crippen LogP contribution in [-0.2, 0) is 13.0 Å². The summed E-state index contributed by atoms with van der Waals surface area (Å²) < 4.78 is 2.27. The zero-order valence-electron chi connectivity index (χ0n) is 9.75. The maximum absolute atomic E-state index is 4.41. The Morgan fingerprint density at radius 1 is 1.47 bits per heavy atom. The van der Waals surface area contributed by atoms with Crippen LogP contribution in [0.3, 0.4) is 0 Å². The molecule has 0 fully saturated rings. The van der Waals surface area contributed by atoms with Crippen LogP contribution < -0.4 is 0 Å². The van der Waals surface area contributed by atoms with Gasteiger partial charge in [0.2, 0.25) is 0 Å². The van der Waals surface area contributed by atoms with Gasteiger partial charge >= 0.3 is 0 Å². The molecule has 2 nitrogen and oxygen atoms in total. The van der Waals surface area contributed by atoms with E-state index in [-0.39, 0.29) is 0 Å². The van der Waals surface area contributed by atoms with Crippen molar-refractivity contribution >= 4 is 15.9 Å². The van der Waals surface area contributed by atoms with Crippen LogP contribution in [-0.4, -0.2) is 14.4 Å². The molecular weight excluding hydrogens is 252 g/mol. The van der Waals surface area contributed by atoms with Gasteiger partial charge in [0.1, 0.15) is 5.82 Å². The summed E-state index contributed by atoms with van der Waals surface area (Å²) >= 11 is 3.66. The van der Waals surface area contributed by atoms with E-state index in [0.717, 1.165) is 13.0 Å². The van der Waals surface area contributed by atoms with Gasteiger partial charge in [-0.3, -0.25) is 0 Å². The van der Waals surface area contributed by atoms with Crippen LogP contribution in [0.2, 0.25) is 0 Å². The fourth-order valence-corrected chi connectivity index (χ4v) is 2.02. The van der Waals surface area contributed by atoms with Gasteiger partial charge in [-0.05, 0) is 25.7 Å². The van der Waals surface area contributed by atoms with Crippen molar-refractivity contribution in [2.45, 2.75) is 57.3 Å². The zero-order valence-corrected chi connectivity index (χ0v) is 11.3. The zero-order chi connectivity index (χ0) is 11.1. The first-order valence-electron chi connectivity index (χ1n) is 5.92. The number of imidazole rings is 1. The van der Waals surface area contributed by atoms with Gasteiger partial charge in [0.05, 0.1) is 0 Å². The molecule has 1 atom stereocenters. The number of alkyl halides is 1. The van der Waals surface area contributed by atoms with E-state index in [4.69, 9.17) is 0 Å². The Hall–Kier alpha value is -0.310. The molecule has 0 bridgehead atoms. The minimum atomic E-state index is 0.673. The first kappa shape index (κ1) is 12.8. The molecule has 0 spiro atoms. The van der Waals surface area contributed by atoms with E-state index >= 15 is 0 Å². The summed E-state index contributed by atoms with van der Waals surface area (Å²) in [6.45, 7) is 5.52. The number of halogens is 1. The highest BCUT2D eigenvalue weighted by atomic mass is 79.9. The van der Waals surface area contributed by atoms with Crippen molar-refractivity contribution in [3.8, 4) is 0 Å². The molecule has 0 aliphatic heterocycles. The van der Waals surface area contributed by atoms with Gasteiger partial charge in [0.15, 0.2) is 0 Å². The molecule has 86 valence electrons. The fraction of sp³-hybridized carbons (Fsp3) is 0.750. The normalized spacial score (nSPS) is 13.0. The Labute approximate surface area is 101 Å². The van der Waals surface area contributed by atoms with E-state index in [1.165, 1.54) is 31.5 Å². The smallest absolute Gasteiger partial charge is 0.108 e. The van der Waals surface area contributed by atoms with Gasteiger partial charge in [-0.2, -0.15) is 0 Å². The number of aryl methyl sites for hydroxylation is 2. The first-order chi connectivity index (χ1) is 7.27. The summed E-state index contributed by atoms with van der Waals surface area (Å²) in [6.07, 6.45) is 9.97. The second-order valence-corrected chi connectivity index (χ2v) is 5.23. The summed E-state index contributed by atoms with van der Waals surface area (Å²) in [5.74, 6) is 1.24. The maximum Gasteiger partial charge on any atom is 0.108 e. The predicted octanol–water partition coefficient (Wildman–Crippen LogP) is 3.79. The van der Waals surface area contributed by atoms with Crippen LogP contribution >= 0.6 is 15.9 Å². The van der Waals surface area contributed by atoms with Crippen molar-refractivity contribution in [3.63, 3.8) is 0 Å². The van der Waals surface area contributed by atoms with Crippen LogP contribution in [0.1, 0.15) is 45.4 Å². The van der Waals surface area contributed by atoms with E-state index in [2.05, 4.69) is 45.5 Å². The monoisotopic (exact) mass is 272 g/mol. The Bertz CT molecular complexity index is 270. The Kier molecular flexibility index (Phi) is 5.99. The lowest BCUT2D eigenvalue weighted by molar-refractivity contribution is 0.605. The fourth-order valence-electron chi connectivity index (χ4n) is 1.70. The molecule has 0 amide bonds. The second-order valence-electron chi connectivity index (χ2n) is 3.93. The summed E-state index contributed by atoms with van der Waals surface area (Å²) in [4.78, 5) is 5.08. The van der Waals surface area contributed by atoms with Crippen molar-refractivity contribution < 1.29 is 0 Å². The van der Waals surface area contributed by atoms with Crippen molar-refractivity contribution in [2.24, 2.45) is 0 Å². The van der Waals surface area contributed by atoms with Crippen molar-refractivity contribution in [1.29, 1.82) is 0 Å². The molecule has 3 heteroatoms. The minimum absolute atomic E-state index is 0.673. The van der Waals surface area contributed by atoms with Gasteiger partial charge in [-0.1, -0.05) is 29.8 Å². The molecule has 0 saturated heterocycles. The van der Waals surface area contributed by atoms with E-state index in [0.29, 0.717) is 4.83 Å². The number of hydrogen-bond donors (Lipinski definition) is 0. The Morgan fingerprint density at radius 3 is 2.93 bits per heavy atom. The molecule has 15 heavy (non-hydrogen) atoms. The summed E-state index contributed by atoms with van der Waals surface area (Å²) in [7, 11) is 0. The number of hydrogen-bond acceptors (Lipinski definition) is 1. The second kappa shape index (κ2) is 7.04.